The summed E-state index contributed by atoms with van der Waals surface area (Å²) in [6.07, 6.45) is -0.903. The Morgan fingerprint density at radius 2 is 1.66 bits per heavy atom. The van der Waals surface area contributed by atoms with E-state index in [-0.39, 0.29) is 6.10 Å². The summed E-state index contributed by atoms with van der Waals surface area (Å²) in [5.74, 6) is 0.318. The normalized spacial score (nSPS) is 11.2. The molecule has 0 bridgehead atoms. The van der Waals surface area contributed by atoms with E-state index in [2.05, 4.69) is 10.9 Å². The van der Waals surface area contributed by atoms with Gasteiger partial charge in [-0.2, -0.15) is 5.26 Å². The van der Waals surface area contributed by atoms with Crippen LogP contribution >= 0.6 is 0 Å². The third kappa shape index (κ3) is 6.14. The van der Waals surface area contributed by atoms with Gasteiger partial charge in [0.05, 0.1) is 24.8 Å². The second kappa shape index (κ2) is 9.99. The van der Waals surface area contributed by atoms with Gasteiger partial charge in [-0.1, -0.05) is 0 Å². The summed E-state index contributed by atoms with van der Waals surface area (Å²) in [6, 6.07) is 13.1. The minimum Gasteiger partial charge on any atom is -0.493 e. The number of hydrazine groups is 1. The maximum atomic E-state index is 12.3. The Balaban J connectivity index is 1.93. The van der Waals surface area contributed by atoms with Crippen LogP contribution < -0.4 is 25.1 Å². The van der Waals surface area contributed by atoms with Crippen molar-refractivity contribution >= 4 is 11.8 Å². The average molecular weight is 397 g/mol. The van der Waals surface area contributed by atoms with Gasteiger partial charge in [-0.15, -0.1) is 0 Å². The maximum Gasteiger partial charge on any atom is 0.279 e. The van der Waals surface area contributed by atoms with Gasteiger partial charge in [0.2, 0.25) is 0 Å². The quantitative estimate of drug-likeness (QED) is 0.695. The first-order valence-corrected chi connectivity index (χ1v) is 8.95. The number of carbonyl (C=O) groups is 2. The zero-order valence-corrected chi connectivity index (χ0v) is 16.7. The van der Waals surface area contributed by atoms with Crippen LogP contribution in [0.4, 0.5) is 0 Å². The Morgan fingerprint density at radius 3 is 2.24 bits per heavy atom. The molecule has 1 atom stereocenters. The second-order valence-corrected chi connectivity index (χ2v) is 6.37. The standard InChI is InChI=1S/C21H23N3O5/c1-13(2)28-18-10-7-16(11-19(18)27-4)21(26)24-23-20(25)14(3)29-17-8-5-15(12-22)6-9-17/h5-11,13-14H,1-4H3,(H,23,25)(H,24,26). The molecule has 0 aliphatic carbocycles. The van der Waals surface area contributed by atoms with Crippen LogP contribution in [0.15, 0.2) is 42.5 Å². The van der Waals surface area contributed by atoms with E-state index in [1.807, 2.05) is 19.9 Å². The molecular weight excluding hydrogens is 374 g/mol. The molecule has 0 heterocycles. The van der Waals surface area contributed by atoms with Crippen molar-refractivity contribution in [3.63, 3.8) is 0 Å². The number of ether oxygens (including phenoxy) is 3. The van der Waals surface area contributed by atoms with Gasteiger partial charge in [-0.3, -0.25) is 20.4 Å². The van der Waals surface area contributed by atoms with Crippen LogP contribution in [0, 0.1) is 11.3 Å². The van der Waals surface area contributed by atoms with Crippen LogP contribution in [-0.4, -0.2) is 31.1 Å². The highest BCUT2D eigenvalue weighted by Gasteiger charge is 2.17. The summed E-state index contributed by atoms with van der Waals surface area (Å²) >= 11 is 0. The maximum absolute atomic E-state index is 12.3. The lowest BCUT2D eigenvalue weighted by Gasteiger charge is -2.16. The number of nitriles is 1. The number of nitrogens with one attached hydrogen (secondary N) is 2. The van der Waals surface area contributed by atoms with E-state index in [0.29, 0.717) is 28.4 Å². The van der Waals surface area contributed by atoms with E-state index in [1.165, 1.54) is 13.2 Å². The van der Waals surface area contributed by atoms with Crippen LogP contribution in [0.25, 0.3) is 0 Å². The number of rotatable bonds is 7. The number of methoxy groups -OCH3 is 1. The van der Waals surface area contributed by atoms with Gasteiger partial charge < -0.3 is 14.2 Å². The summed E-state index contributed by atoms with van der Waals surface area (Å²) in [5.41, 5.74) is 5.44. The topological polar surface area (TPSA) is 110 Å². The van der Waals surface area contributed by atoms with Crippen molar-refractivity contribution in [1.82, 2.24) is 10.9 Å². The Kier molecular flexibility index (Phi) is 7.43. The minimum absolute atomic E-state index is 0.0412. The predicted octanol–water partition coefficient (Wildman–Crippen LogP) is 2.58. The molecular formula is C21H23N3O5. The van der Waals surface area contributed by atoms with Gasteiger partial charge in [0.15, 0.2) is 17.6 Å². The van der Waals surface area contributed by atoms with Gasteiger partial charge in [-0.05, 0) is 63.2 Å². The zero-order valence-electron chi connectivity index (χ0n) is 16.7. The zero-order chi connectivity index (χ0) is 21.4. The first-order valence-electron chi connectivity index (χ1n) is 8.95. The lowest BCUT2D eigenvalue weighted by atomic mass is 10.2. The third-order valence-corrected chi connectivity index (χ3v) is 3.75. The molecule has 8 heteroatoms. The van der Waals surface area contributed by atoms with Crippen molar-refractivity contribution in [1.29, 1.82) is 5.26 Å². The fourth-order valence-corrected chi connectivity index (χ4v) is 2.32. The van der Waals surface area contributed by atoms with Crippen molar-refractivity contribution in [2.24, 2.45) is 0 Å². The molecule has 8 nitrogen and oxygen atoms in total. The van der Waals surface area contributed by atoms with E-state index in [0.717, 1.165) is 0 Å². The molecule has 2 aromatic carbocycles. The molecule has 0 aromatic heterocycles. The van der Waals surface area contributed by atoms with E-state index in [1.54, 1.807) is 43.3 Å². The predicted molar refractivity (Wildman–Crippen MR) is 106 cm³/mol. The van der Waals surface area contributed by atoms with Crippen molar-refractivity contribution in [2.75, 3.05) is 7.11 Å². The Morgan fingerprint density at radius 1 is 0.966 bits per heavy atom. The number of hydrogen-bond donors (Lipinski definition) is 2. The van der Waals surface area contributed by atoms with Crippen molar-refractivity contribution in [3.05, 3.63) is 53.6 Å². The number of carbonyl (C=O) groups excluding carboxylic acids is 2. The van der Waals surface area contributed by atoms with Crippen LogP contribution in [0.5, 0.6) is 17.2 Å². The number of hydrogen-bond acceptors (Lipinski definition) is 6. The van der Waals surface area contributed by atoms with Crippen LogP contribution in [0.2, 0.25) is 0 Å². The van der Waals surface area contributed by atoms with E-state index < -0.39 is 17.9 Å². The minimum atomic E-state index is -0.861. The van der Waals surface area contributed by atoms with Gasteiger partial charge in [0.25, 0.3) is 11.8 Å². The Labute approximate surface area is 169 Å². The molecule has 1 unspecified atom stereocenters. The van der Waals surface area contributed by atoms with Crippen molar-refractivity contribution in [3.8, 4) is 23.3 Å². The molecule has 152 valence electrons. The number of nitrogens with zero attached hydrogens (tertiary/aromatic N) is 1. The molecule has 2 rings (SSSR count). The molecule has 0 saturated heterocycles. The molecule has 2 aromatic rings. The van der Waals surface area contributed by atoms with Crippen LogP contribution in [0.3, 0.4) is 0 Å². The molecule has 0 aliphatic rings. The van der Waals surface area contributed by atoms with Gasteiger partial charge in [0, 0.05) is 5.56 Å². The molecule has 0 saturated carbocycles. The fourth-order valence-electron chi connectivity index (χ4n) is 2.32. The van der Waals surface area contributed by atoms with Gasteiger partial charge in [-0.25, -0.2) is 0 Å². The molecule has 0 spiro atoms. The Bertz CT molecular complexity index is 904. The van der Waals surface area contributed by atoms with Crippen LogP contribution in [-0.2, 0) is 4.79 Å². The molecule has 2 N–H and O–H groups in total. The molecule has 0 fully saturated rings. The first kappa shape index (κ1) is 21.6. The number of benzene rings is 2. The summed E-state index contributed by atoms with van der Waals surface area (Å²) in [7, 11) is 1.48. The molecule has 0 radical (unpaired) electrons. The van der Waals surface area contributed by atoms with E-state index in [4.69, 9.17) is 19.5 Å². The highest BCUT2D eigenvalue weighted by atomic mass is 16.5. The van der Waals surface area contributed by atoms with Crippen LogP contribution in [0.1, 0.15) is 36.7 Å². The summed E-state index contributed by atoms with van der Waals surface area (Å²) in [6.45, 7) is 5.31. The highest BCUT2D eigenvalue weighted by Crippen LogP contribution is 2.28. The molecule has 29 heavy (non-hydrogen) atoms. The fraction of sp³-hybridized carbons (Fsp3) is 0.286. The van der Waals surface area contributed by atoms with E-state index in [9.17, 15) is 9.59 Å². The lowest BCUT2D eigenvalue weighted by molar-refractivity contribution is -0.128. The average Bonchev–Trinajstić information content (AvgIpc) is 2.72. The van der Waals surface area contributed by atoms with Gasteiger partial charge >= 0.3 is 0 Å². The summed E-state index contributed by atoms with van der Waals surface area (Å²) in [4.78, 5) is 24.5. The highest BCUT2D eigenvalue weighted by molar-refractivity contribution is 5.96. The largest absolute Gasteiger partial charge is 0.493 e. The number of amides is 2. The molecule has 2 amide bonds. The first-order chi connectivity index (χ1) is 13.8. The summed E-state index contributed by atoms with van der Waals surface area (Å²) in [5, 5.41) is 8.79. The van der Waals surface area contributed by atoms with Gasteiger partial charge in [0.1, 0.15) is 5.75 Å². The Hall–Kier alpha value is -3.73. The van der Waals surface area contributed by atoms with Crippen molar-refractivity contribution in [2.45, 2.75) is 33.0 Å². The van der Waals surface area contributed by atoms with Crippen molar-refractivity contribution < 1.29 is 23.8 Å². The third-order valence-electron chi connectivity index (χ3n) is 3.75. The van der Waals surface area contributed by atoms with E-state index >= 15 is 0 Å². The lowest BCUT2D eigenvalue weighted by Crippen LogP contribution is -2.47. The molecule has 0 aliphatic heterocycles. The second-order valence-electron chi connectivity index (χ2n) is 6.37. The SMILES string of the molecule is COc1cc(C(=O)NNC(=O)C(C)Oc2ccc(C#N)cc2)ccc1OC(C)C. The smallest absolute Gasteiger partial charge is 0.279 e. The summed E-state index contributed by atoms with van der Waals surface area (Å²) < 4.78 is 16.4. The monoisotopic (exact) mass is 397 g/mol.